The van der Waals surface area contributed by atoms with Crippen LogP contribution in [-0.4, -0.2) is 40.7 Å². The zero-order valence-electron chi connectivity index (χ0n) is 14.5. The van der Waals surface area contributed by atoms with Crippen LogP contribution in [0.1, 0.15) is 27.7 Å². The molecule has 2 aromatic rings. The van der Waals surface area contributed by atoms with Gasteiger partial charge in [0.2, 0.25) is 5.88 Å². The summed E-state index contributed by atoms with van der Waals surface area (Å²) in [5.74, 6) is 0.531. The third kappa shape index (κ3) is 2.85. The van der Waals surface area contributed by atoms with Crippen molar-refractivity contribution in [3.05, 3.63) is 30.5 Å². The van der Waals surface area contributed by atoms with E-state index in [1.54, 1.807) is 24.4 Å². The van der Waals surface area contributed by atoms with Crippen LogP contribution in [0.3, 0.4) is 0 Å². The number of phenolic OH excluding ortho intramolecular Hbond substituents is 1. The summed E-state index contributed by atoms with van der Waals surface area (Å²) in [4.78, 5) is 0. The number of benzene rings is 1. The maximum atomic E-state index is 10.5. The van der Waals surface area contributed by atoms with Gasteiger partial charge in [-0.3, -0.25) is 0 Å². The number of hydrogen-bond donors (Lipinski definition) is 1. The first-order chi connectivity index (χ1) is 11.2. The lowest BCUT2D eigenvalue weighted by Crippen LogP contribution is -2.41. The average molecular weight is 328 g/mol. The lowest BCUT2D eigenvalue weighted by Gasteiger charge is -2.32. The second kappa shape index (κ2) is 5.75. The number of rotatable bonds is 3. The van der Waals surface area contributed by atoms with Crippen LogP contribution in [0.5, 0.6) is 11.6 Å². The molecule has 0 radical (unpaired) electrons. The van der Waals surface area contributed by atoms with Crippen LogP contribution in [0, 0.1) is 0 Å². The zero-order valence-corrected chi connectivity index (χ0v) is 14.5. The SMILES string of the molecule is COc1cc(-c2ccc(B3OC(C)(C)C(C)(C)O3)c(O)c2)cnn1. The highest BCUT2D eigenvalue weighted by molar-refractivity contribution is 6.63. The monoisotopic (exact) mass is 328 g/mol. The van der Waals surface area contributed by atoms with Crippen molar-refractivity contribution in [1.82, 2.24) is 10.2 Å². The maximum absolute atomic E-state index is 10.5. The van der Waals surface area contributed by atoms with Crippen LogP contribution in [0.4, 0.5) is 0 Å². The molecule has 1 aliphatic heterocycles. The number of aromatic nitrogens is 2. The van der Waals surface area contributed by atoms with E-state index in [4.69, 9.17) is 14.0 Å². The van der Waals surface area contributed by atoms with Gasteiger partial charge in [-0.2, -0.15) is 5.10 Å². The van der Waals surface area contributed by atoms with Gasteiger partial charge < -0.3 is 19.2 Å². The minimum atomic E-state index is -0.603. The molecule has 0 bridgehead atoms. The summed E-state index contributed by atoms with van der Waals surface area (Å²) >= 11 is 0. The van der Waals surface area contributed by atoms with Crippen molar-refractivity contribution >= 4 is 12.6 Å². The Morgan fingerprint density at radius 1 is 1.04 bits per heavy atom. The average Bonchev–Trinajstić information content (AvgIpc) is 2.75. The van der Waals surface area contributed by atoms with Gasteiger partial charge in [0.1, 0.15) is 5.75 Å². The molecule has 0 unspecified atom stereocenters. The van der Waals surface area contributed by atoms with Gasteiger partial charge in [-0.05, 0) is 39.3 Å². The fourth-order valence-corrected chi connectivity index (χ4v) is 2.50. The van der Waals surface area contributed by atoms with Crippen molar-refractivity contribution in [3.63, 3.8) is 0 Å². The lowest BCUT2D eigenvalue weighted by molar-refractivity contribution is 0.00578. The first kappa shape index (κ1) is 16.7. The molecular formula is C17H21BN2O4. The van der Waals surface area contributed by atoms with Crippen LogP contribution in [0.2, 0.25) is 0 Å². The maximum Gasteiger partial charge on any atom is 0.498 e. The molecule has 1 aromatic carbocycles. The molecule has 1 aliphatic rings. The van der Waals surface area contributed by atoms with Gasteiger partial charge >= 0.3 is 7.12 Å². The first-order valence-corrected chi connectivity index (χ1v) is 7.79. The molecule has 0 saturated carbocycles. The second-order valence-electron chi connectivity index (χ2n) is 6.85. The van der Waals surface area contributed by atoms with Crippen LogP contribution < -0.4 is 10.2 Å². The summed E-state index contributed by atoms with van der Waals surface area (Å²) in [5.41, 5.74) is 1.31. The Morgan fingerprint density at radius 3 is 2.29 bits per heavy atom. The van der Waals surface area contributed by atoms with Gasteiger partial charge in [0.25, 0.3) is 0 Å². The summed E-state index contributed by atoms with van der Waals surface area (Å²) in [6.45, 7) is 7.92. The number of methoxy groups -OCH3 is 1. The molecular weight excluding hydrogens is 307 g/mol. The van der Waals surface area contributed by atoms with E-state index in [0.29, 0.717) is 11.3 Å². The molecule has 1 aromatic heterocycles. The predicted molar refractivity (Wildman–Crippen MR) is 91.4 cm³/mol. The molecule has 24 heavy (non-hydrogen) atoms. The van der Waals surface area contributed by atoms with Crippen molar-refractivity contribution in [2.45, 2.75) is 38.9 Å². The quantitative estimate of drug-likeness (QED) is 0.871. The molecule has 1 fully saturated rings. The van der Waals surface area contributed by atoms with Crippen molar-refractivity contribution in [2.24, 2.45) is 0 Å². The second-order valence-corrected chi connectivity index (χ2v) is 6.85. The highest BCUT2D eigenvalue weighted by atomic mass is 16.7. The topological polar surface area (TPSA) is 73.7 Å². The van der Waals surface area contributed by atoms with Crippen molar-refractivity contribution in [1.29, 1.82) is 0 Å². The third-order valence-corrected chi connectivity index (χ3v) is 4.71. The number of nitrogens with zero attached hydrogens (tertiary/aromatic N) is 2. The molecule has 0 spiro atoms. The van der Waals surface area contributed by atoms with E-state index in [0.717, 1.165) is 11.1 Å². The smallest absolute Gasteiger partial charge is 0.498 e. The highest BCUT2D eigenvalue weighted by Crippen LogP contribution is 2.37. The van der Waals surface area contributed by atoms with E-state index in [2.05, 4.69) is 10.2 Å². The van der Waals surface area contributed by atoms with Gasteiger partial charge in [-0.15, -0.1) is 5.10 Å². The van der Waals surface area contributed by atoms with Crippen molar-refractivity contribution in [3.8, 4) is 22.8 Å². The molecule has 1 N–H and O–H groups in total. The molecule has 6 nitrogen and oxygen atoms in total. The van der Waals surface area contributed by atoms with Crippen LogP contribution in [0.15, 0.2) is 30.5 Å². The highest BCUT2D eigenvalue weighted by Gasteiger charge is 2.52. The van der Waals surface area contributed by atoms with E-state index < -0.39 is 18.3 Å². The van der Waals surface area contributed by atoms with E-state index in [1.165, 1.54) is 7.11 Å². The van der Waals surface area contributed by atoms with Crippen molar-refractivity contribution in [2.75, 3.05) is 7.11 Å². The van der Waals surface area contributed by atoms with Crippen LogP contribution in [0.25, 0.3) is 11.1 Å². The Bertz CT molecular complexity index is 748. The van der Waals surface area contributed by atoms with E-state index in [9.17, 15) is 5.11 Å². The standard InChI is InChI=1S/C17H21BN2O4/c1-16(2)17(3,4)24-18(23-16)13-7-6-11(8-14(13)21)12-9-15(22-5)20-19-10-12/h6-10,21H,1-5H3. The minimum Gasteiger partial charge on any atom is -0.508 e. The summed E-state index contributed by atoms with van der Waals surface area (Å²) < 4.78 is 17.1. The Labute approximate surface area is 141 Å². The van der Waals surface area contributed by atoms with Gasteiger partial charge in [0.05, 0.1) is 24.5 Å². The fourth-order valence-electron chi connectivity index (χ4n) is 2.50. The lowest BCUT2D eigenvalue weighted by atomic mass is 9.77. The number of phenols is 1. The first-order valence-electron chi connectivity index (χ1n) is 7.79. The Kier molecular flexibility index (Phi) is 4.01. The Morgan fingerprint density at radius 2 is 1.71 bits per heavy atom. The molecule has 7 heteroatoms. The zero-order chi connectivity index (χ0) is 17.5. The third-order valence-electron chi connectivity index (χ3n) is 4.71. The van der Waals surface area contributed by atoms with Gasteiger partial charge in [-0.25, -0.2) is 0 Å². The molecule has 126 valence electrons. The number of ether oxygens (including phenoxy) is 1. The fraction of sp³-hybridized carbons (Fsp3) is 0.412. The van der Waals surface area contributed by atoms with Crippen LogP contribution in [-0.2, 0) is 9.31 Å². The molecule has 0 atom stereocenters. The molecule has 1 saturated heterocycles. The van der Waals surface area contributed by atoms with Crippen LogP contribution >= 0.6 is 0 Å². The summed E-state index contributed by atoms with van der Waals surface area (Å²) in [6, 6.07) is 7.11. The largest absolute Gasteiger partial charge is 0.508 e. The predicted octanol–water partition coefficient (Wildman–Crippen LogP) is 2.16. The van der Waals surface area contributed by atoms with E-state index in [1.807, 2.05) is 33.8 Å². The number of aromatic hydroxyl groups is 1. The molecule has 2 heterocycles. The van der Waals surface area contributed by atoms with E-state index >= 15 is 0 Å². The van der Waals surface area contributed by atoms with Gasteiger partial charge in [-0.1, -0.05) is 12.1 Å². The summed E-state index contributed by atoms with van der Waals surface area (Å²) in [6.07, 6.45) is 1.62. The molecule has 0 amide bonds. The Hall–Kier alpha value is -2.12. The normalized spacial score (nSPS) is 18.6. The summed E-state index contributed by atoms with van der Waals surface area (Å²) in [7, 11) is 0.932. The van der Waals surface area contributed by atoms with Crippen molar-refractivity contribution < 1.29 is 19.2 Å². The summed E-state index contributed by atoms with van der Waals surface area (Å²) in [5, 5.41) is 18.2. The molecule has 3 rings (SSSR count). The molecule has 0 aliphatic carbocycles. The number of hydrogen-bond acceptors (Lipinski definition) is 6. The minimum absolute atomic E-state index is 0.113. The van der Waals surface area contributed by atoms with Gasteiger partial charge in [0.15, 0.2) is 0 Å². The van der Waals surface area contributed by atoms with Gasteiger partial charge in [0, 0.05) is 17.1 Å². The van der Waals surface area contributed by atoms with E-state index in [-0.39, 0.29) is 5.75 Å². The Balaban J connectivity index is 1.91.